The lowest BCUT2D eigenvalue weighted by Crippen LogP contribution is -2.34. The van der Waals surface area contributed by atoms with E-state index < -0.39 is 20.7 Å². The van der Waals surface area contributed by atoms with Crippen LogP contribution in [0.4, 0.5) is 10.1 Å². The van der Waals surface area contributed by atoms with Crippen LogP contribution >= 0.6 is 11.6 Å². The van der Waals surface area contributed by atoms with Gasteiger partial charge in [0.05, 0.1) is 11.6 Å². The predicted octanol–water partition coefficient (Wildman–Crippen LogP) is 1.72. The predicted molar refractivity (Wildman–Crippen MR) is 72.1 cm³/mol. The van der Waals surface area contributed by atoms with Crippen LogP contribution in [0.1, 0.15) is 6.92 Å². The van der Waals surface area contributed by atoms with Gasteiger partial charge in [-0.15, -0.1) is 0 Å². The Labute approximate surface area is 117 Å². The van der Waals surface area contributed by atoms with Gasteiger partial charge in [-0.05, 0) is 12.1 Å². The van der Waals surface area contributed by atoms with Crippen LogP contribution in [-0.4, -0.2) is 39.5 Å². The monoisotopic (exact) mass is 310 g/mol. The summed E-state index contributed by atoms with van der Waals surface area (Å²) in [5, 5.41) is -0.318. The Balaban J connectivity index is 3.25. The molecular weight excluding hydrogens is 295 g/mol. The average molecular weight is 311 g/mol. The first kappa shape index (κ1) is 16.2. The molecule has 1 rings (SSSR count). The number of nitrogens with two attached hydrogens (primary N) is 1. The maximum atomic E-state index is 13.9. The molecule has 0 radical (unpaired) electrons. The van der Waals surface area contributed by atoms with Crippen LogP contribution in [0.5, 0.6) is 0 Å². The van der Waals surface area contributed by atoms with Crippen LogP contribution in [0.25, 0.3) is 0 Å². The van der Waals surface area contributed by atoms with Crippen LogP contribution in [0.2, 0.25) is 5.02 Å². The number of sulfonamides is 1. The molecule has 8 heteroatoms. The number of hydrogen-bond donors (Lipinski definition) is 1. The van der Waals surface area contributed by atoms with Gasteiger partial charge in [-0.1, -0.05) is 18.5 Å². The summed E-state index contributed by atoms with van der Waals surface area (Å²) in [6.07, 6.45) is 0. The minimum atomic E-state index is -3.99. The van der Waals surface area contributed by atoms with Crippen LogP contribution in [0, 0.1) is 5.82 Å². The quantitative estimate of drug-likeness (QED) is 0.812. The Kier molecular flexibility index (Phi) is 5.54. The maximum absolute atomic E-state index is 13.9. The van der Waals surface area contributed by atoms with Crippen LogP contribution in [0.3, 0.4) is 0 Å². The number of benzene rings is 1. The number of methoxy groups -OCH3 is 1. The zero-order chi connectivity index (χ0) is 14.6. The maximum Gasteiger partial charge on any atom is 0.246 e. The normalized spacial score (nSPS) is 12.1. The number of hydrogen-bond acceptors (Lipinski definition) is 4. The molecule has 0 bridgehead atoms. The lowest BCUT2D eigenvalue weighted by molar-refractivity contribution is 0.180. The fourth-order valence-corrected chi connectivity index (χ4v) is 3.39. The van der Waals surface area contributed by atoms with E-state index in [2.05, 4.69) is 0 Å². The van der Waals surface area contributed by atoms with Crippen molar-refractivity contribution in [3.05, 3.63) is 23.0 Å². The third kappa shape index (κ3) is 3.56. The van der Waals surface area contributed by atoms with E-state index in [1.807, 2.05) is 0 Å². The van der Waals surface area contributed by atoms with Gasteiger partial charge in [-0.2, -0.15) is 4.31 Å². The van der Waals surface area contributed by atoms with Gasteiger partial charge in [0.2, 0.25) is 10.0 Å². The van der Waals surface area contributed by atoms with Gasteiger partial charge in [0.25, 0.3) is 0 Å². The largest absolute Gasteiger partial charge is 0.399 e. The number of ether oxygens (including phenoxy) is 1. The second-order valence-corrected chi connectivity index (χ2v) is 6.12. The van der Waals surface area contributed by atoms with E-state index in [0.29, 0.717) is 0 Å². The lowest BCUT2D eigenvalue weighted by Gasteiger charge is -2.20. The highest BCUT2D eigenvalue weighted by Crippen LogP contribution is 2.27. The highest BCUT2D eigenvalue weighted by atomic mass is 35.5. The molecule has 0 amide bonds. The SMILES string of the molecule is CCN(CCOC)S(=O)(=O)c1cc(N)cc(Cl)c1F. The van der Waals surface area contributed by atoms with Crippen molar-refractivity contribution in [3.8, 4) is 0 Å². The van der Waals surface area contributed by atoms with Gasteiger partial charge in [0, 0.05) is 25.9 Å². The minimum Gasteiger partial charge on any atom is -0.399 e. The molecule has 2 N–H and O–H groups in total. The Hall–Kier alpha value is -0.890. The van der Waals surface area contributed by atoms with E-state index in [-0.39, 0.29) is 30.4 Å². The van der Waals surface area contributed by atoms with Crippen LogP contribution in [-0.2, 0) is 14.8 Å². The number of likely N-dealkylation sites (N-methyl/N-ethyl adjacent to an activating group) is 1. The van der Waals surface area contributed by atoms with Crippen molar-refractivity contribution in [2.24, 2.45) is 0 Å². The summed E-state index contributed by atoms with van der Waals surface area (Å²) in [4.78, 5) is -0.518. The van der Waals surface area contributed by atoms with E-state index in [1.165, 1.54) is 13.2 Å². The molecule has 0 heterocycles. The van der Waals surface area contributed by atoms with Crippen molar-refractivity contribution >= 4 is 27.3 Å². The van der Waals surface area contributed by atoms with Crippen LogP contribution in [0.15, 0.2) is 17.0 Å². The summed E-state index contributed by atoms with van der Waals surface area (Å²) in [6, 6.07) is 2.23. The Morgan fingerprint density at radius 2 is 2.11 bits per heavy atom. The molecule has 0 atom stereocenters. The summed E-state index contributed by atoms with van der Waals surface area (Å²) >= 11 is 5.61. The third-order valence-electron chi connectivity index (χ3n) is 2.53. The fraction of sp³-hybridized carbons (Fsp3) is 0.455. The summed E-state index contributed by atoms with van der Waals surface area (Å²) < 4.78 is 44.4. The number of anilines is 1. The first-order valence-corrected chi connectivity index (χ1v) is 7.40. The molecule has 1 aromatic carbocycles. The first-order chi connectivity index (χ1) is 8.84. The zero-order valence-electron chi connectivity index (χ0n) is 10.7. The van der Waals surface area contributed by atoms with E-state index in [4.69, 9.17) is 22.1 Å². The molecule has 0 unspecified atom stereocenters. The summed E-state index contributed by atoms with van der Waals surface area (Å²) in [5.41, 5.74) is 5.60. The molecule has 108 valence electrons. The molecule has 0 aliphatic carbocycles. The second-order valence-electron chi connectivity index (χ2n) is 3.80. The Bertz CT molecular complexity index is 551. The van der Waals surface area contributed by atoms with Crippen molar-refractivity contribution in [1.82, 2.24) is 4.31 Å². The minimum absolute atomic E-state index is 0.0905. The molecule has 0 aromatic heterocycles. The third-order valence-corrected chi connectivity index (χ3v) is 4.78. The Morgan fingerprint density at radius 3 is 2.63 bits per heavy atom. The molecule has 0 saturated heterocycles. The molecule has 0 aliphatic rings. The van der Waals surface area contributed by atoms with Gasteiger partial charge in [0.1, 0.15) is 4.90 Å². The molecule has 0 aliphatic heterocycles. The standard InChI is InChI=1S/C11H16ClFN2O3S/c1-3-15(4-5-18-2)19(16,17)10-7-8(14)6-9(12)11(10)13/h6-7H,3-5,14H2,1-2H3. The van der Waals surface area contributed by atoms with Gasteiger partial charge in [-0.25, -0.2) is 12.8 Å². The highest BCUT2D eigenvalue weighted by Gasteiger charge is 2.27. The number of nitrogen functional groups attached to an aromatic ring is 1. The van der Waals surface area contributed by atoms with E-state index in [0.717, 1.165) is 10.4 Å². The topological polar surface area (TPSA) is 72.6 Å². The van der Waals surface area contributed by atoms with Gasteiger partial charge in [-0.3, -0.25) is 0 Å². The second kappa shape index (κ2) is 6.51. The van der Waals surface area contributed by atoms with Gasteiger partial charge >= 0.3 is 0 Å². The first-order valence-electron chi connectivity index (χ1n) is 5.58. The smallest absolute Gasteiger partial charge is 0.246 e. The van der Waals surface area contributed by atoms with Crippen molar-refractivity contribution in [2.45, 2.75) is 11.8 Å². The molecular formula is C11H16ClFN2O3S. The highest BCUT2D eigenvalue weighted by molar-refractivity contribution is 7.89. The van der Waals surface area contributed by atoms with Crippen molar-refractivity contribution in [1.29, 1.82) is 0 Å². The van der Waals surface area contributed by atoms with Crippen molar-refractivity contribution in [3.63, 3.8) is 0 Å². The van der Waals surface area contributed by atoms with Crippen molar-refractivity contribution < 1.29 is 17.5 Å². The fourth-order valence-electron chi connectivity index (χ4n) is 1.55. The van der Waals surface area contributed by atoms with Gasteiger partial charge < -0.3 is 10.5 Å². The molecule has 0 fully saturated rings. The summed E-state index contributed by atoms with van der Waals surface area (Å²) in [7, 11) is -2.53. The number of nitrogens with zero attached hydrogens (tertiary/aromatic N) is 1. The number of halogens is 2. The molecule has 19 heavy (non-hydrogen) atoms. The van der Waals surface area contributed by atoms with Gasteiger partial charge in [0.15, 0.2) is 5.82 Å². The number of rotatable bonds is 6. The van der Waals surface area contributed by atoms with E-state index >= 15 is 0 Å². The molecule has 5 nitrogen and oxygen atoms in total. The lowest BCUT2D eigenvalue weighted by atomic mass is 10.3. The van der Waals surface area contributed by atoms with Crippen LogP contribution < -0.4 is 5.73 Å². The molecule has 1 aromatic rings. The zero-order valence-corrected chi connectivity index (χ0v) is 12.3. The summed E-state index contributed by atoms with van der Waals surface area (Å²) in [6.45, 7) is 2.18. The molecule has 0 spiro atoms. The van der Waals surface area contributed by atoms with E-state index in [1.54, 1.807) is 6.92 Å². The molecule has 0 saturated carbocycles. The summed E-state index contributed by atoms with van der Waals surface area (Å²) in [5.74, 6) is -0.994. The van der Waals surface area contributed by atoms with Crippen molar-refractivity contribution in [2.75, 3.05) is 32.5 Å². The average Bonchev–Trinajstić information content (AvgIpc) is 2.34. The Morgan fingerprint density at radius 1 is 1.47 bits per heavy atom. The van der Waals surface area contributed by atoms with E-state index in [9.17, 15) is 12.8 Å².